The van der Waals surface area contributed by atoms with Gasteiger partial charge in [-0.1, -0.05) is 17.7 Å². The first-order valence-corrected chi connectivity index (χ1v) is 9.69. The van der Waals surface area contributed by atoms with Crippen LogP contribution in [0.1, 0.15) is 25.3 Å². The zero-order chi connectivity index (χ0) is 18.4. The molecule has 2 heterocycles. The summed E-state index contributed by atoms with van der Waals surface area (Å²) in [5, 5.41) is 4.12. The van der Waals surface area contributed by atoms with Crippen LogP contribution in [0.15, 0.2) is 23.2 Å². The van der Waals surface area contributed by atoms with Crippen LogP contribution < -0.4 is 10.1 Å². The largest absolute Gasteiger partial charge is 0.493 e. The Morgan fingerprint density at radius 1 is 1.35 bits per heavy atom. The molecule has 2 saturated heterocycles. The highest BCUT2D eigenvalue weighted by Crippen LogP contribution is 2.24. The minimum Gasteiger partial charge on any atom is -0.493 e. The van der Waals surface area contributed by atoms with Crippen molar-refractivity contribution in [3.63, 3.8) is 0 Å². The molecule has 2 aliphatic heterocycles. The molecule has 1 N–H and O–H groups in total. The number of aliphatic imine (C=N–C) groups is 1. The molecule has 3 rings (SSSR count). The van der Waals surface area contributed by atoms with Crippen LogP contribution in [-0.2, 0) is 16.0 Å². The molecule has 0 bridgehead atoms. The van der Waals surface area contributed by atoms with E-state index < -0.39 is 0 Å². The van der Waals surface area contributed by atoms with Gasteiger partial charge in [0.25, 0.3) is 0 Å². The molecule has 0 spiro atoms. The van der Waals surface area contributed by atoms with Crippen molar-refractivity contribution < 1.29 is 14.2 Å². The number of benzene rings is 1. The van der Waals surface area contributed by atoms with Gasteiger partial charge in [-0.25, -0.2) is 0 Å². The normalized spacial score (nSPS) is 24.0. The lowest BCUT2D eigenvalue weighted by Crippen LogP contribution is -2.53. The fourth-order valence-electron chi connectivity index (χ4n) is 3.46. The van der Waals surface area contributed by atoms with Crippen LogP contribution in [0.3, 0.4) is 0 Å². The fraction of sp³-hybridized carbons (Fsp3) is 0.632. The van der Waals surface area contributed by atoms with Gasteiger partial charge in [-0.2, -0.15) is 0 Å². The predicted molar refractivity (Wildman–Crippen MR) is 103 cm³/mol. The van der Waals surface area contributed by atoms with Gasteiger partial charge in [0.1, 0.15) is 11.9 Å². The number of hydrogen-bond donors (Lipinski definition) is 1. The van der Waals surface area contributed by atoms with Gasteiger partial charge in [-0.15, -0.1) is 0 Å². The summed E-state index contributed by atoms with van der Waals surface area (Å²) in [4.78, 5) is 6.69. The van der Waals surface area contributed by atoms with Crippen LogP contribution in [0.25, 0.3) is 0 Å². The molecule has 0 aromatic heterocycles. The van der Waals surface area contributed by atoms with Crippen LogP contribution >= 0.6 is 11.6 Å². The SMILES string of the molecule is CCOc1cc(Cl)ccc1CNC(=NC)N1CCOC(C2CCCO2)C1. The Bertz CT molecular complexity index is 620. The Morgan fingerprint density at radius 2 is 2.19 bits per heavy atom. The summed E-state index contributed by atoms with van der Waals surface area (Å²) in [5.74, 6) is 1.68. The Labute approximate surface area is 160 Å². The number of rotatable bonds is 5. The Hall–Kier alpha value is -1.50. The van der Waals surface area contributed by atoms with Gasteiger partial charge in [0, 0.05) is 43.9 Å². The number of nitrogens with one attached hydrogen (secondary N) is 1. The summed E-state index contributed by atoms with van der Waals surface area (Å²) in [6.45, 7) is 6.35. The van der Waals surface area contributed by atoms with Crippen molar-refractivity contribution in [2.75, 3.05) is 40.0 Å². The second kappa shape index (κ2) is 9.44. The fourth-order valence-corrected chi connectivity index (χ4v) is 3.62. The molecule has 0 radical (unpaired) electrons. The van der Waals surface area contributed by atoms with E-state index in [1.54, 1.807) is 0 Å². The number of ether oxygens (including phenoxy) is 3. The van der Waals surface area contributed by atoms with Gasteiger partial charge in [-0.3, -0.25) is 4.99 Å². The number of guanidine groups is 1. The molecular formula is C19H28ClN3O3. The van der Waals surface area contributed by atoms with Crippen LogP contribution in [0, 0.1) is 0 Å². The molecule has 0 amide bonds. The van der Waals surface area contributed by atoms with E-state index in [-0.39, 0.29) is 12.2 Å². The summed E-state index contributed by atoms with van der Waals surface area (Å²) in [6, 6.07) is 5.72. The average molecular weight is 382 g/mol. The van der Waals surface area contributed by atoms with E-state index in [4.69, 9.17) is 25.8 Å². The molecule has 0 aliphatic carbocycles. The lowest BCUT2D eigenvalue weighted by atomic mass is 10.1. The topological polar surface area (TPSA) is 55.3 Å². The monoisotopic (exact) mass is 381 g/mol. The smallest absolute Gasteiger partial charge is 0.194 e. The Kier molecular flexibility index (Phi) is 7.00. The van der Waals surface area contributed by atoms with Crippen molar-refractivity contribution in [3.05, 3.63) is 28.8 Å². The maximum atomic E-state index is 6.08. The highest BCUT2D eigenvalue weighted by molar-refractivity contribution is 6.30. The third-order valence-electron chi connectivity index (χ3n) is 4.75. The number of hydrogen-bond acceptors (Lipinski definition) is 4. The second-order valence-electron chi connectivity index (χ2n) is 6.49. The van der Waals surface area contributed by atoms with Crippen molar-refractivity contribution in [2.45, 2.75) is 38.5 Å². The van der Waals surface area contributed by atoms with Crippen molar-refractivity contribution in [2.24, 2.45) is 4.99 Å². The van der Waals surface area contributed by atoms with Gasteiger partial charge in [0.2, 0.25) is 0 Å². The van der Waals surface area contributed by atoms with Gasteiger partial charge in [0.05, 0.1) is 19.3 Å². The third kappa shape index (κ3) is 4.81. The van der Waals surface area contributed by atoms with Gasteiger partial charge < -0.3 is 24.4 Å². The molecule has 6 nitrogen and oxygen atoms in total. The highest BCUT2D eigenvalue weighted by Gasteiger charge is 2.32. The molecular weight excluding hydrogens is 354 g/mol. The van der Waals surface area contributed by atoms with Crippen LogP contribution in [0.4, 0.5) is 0 Å². The molecule has 7 heteroatoms. The maximum Gasteiger partial charge on any atom is 0.194 e. The van der Waals surface area contributed by atoms with Gasteiger partial charge >= 0.3 is 0 Å². The summed E-state index contributed by atoms with van der Waals surface area (Å²) in [7, 11) is 1.81. The highest BCUT2D eigenvalue weighted by atomic mass is 35.5. The summed E-state index contributed by atoms with van der Waals surface area (Å²) >= 11 is 6.08. The quantitative estimate of drug-likeness (QED) is 0.627. The second-order valence-corrected chi connectivity index (χ2v) is 6.93. The molecule has 26 heavy (non-hydrogen) atoms. The number of nitrogens with zero attached hydrogens (tertiary/aromatic N) is 2. The molecule has 0 saturated carbocycles. The zero-order valence-corrected chi connectivity index (χ0v) is 16.3. The molecule has 2 aliphatic rings. The van der Waals surface area contributed by atoms with E-state index in [9.17, 15) is 0 Å². The first-order valence-electron chi connectivity index (χ1n) is 9.31. The van der Waals surface area contributed by atoms with Gasteiger partial charge in [0.15, 0.2) is 5.96 Å². The van der Waals surface area contributed by atoms with Crippen LogP contribution in [0.2, 0.25) is 5.02 Å². The van der Waals surface area contributed by atoms with E-state index in [1.165, 1.54) is 0 Å². The predicted octanol–water partition coefficient (Wildman–Crippen LogP) is 2.69. The van der Waals surface area contributed by atoms with Crippen LogP contribution in [0.5, 0.6) is 5.75 Å². The van der Waals surface area contributed by atoms with Crippen molar-refractivity contribution >= 4 is 17.6 Å². The lowest BCUT2D eigenvalue weighted by Gasteiger charge is -2.37. The molecule has 144 valence electrons. The lowest BCUT2D eigenvalue weighted by molar-refractivity contribution is -0.0817. The van der Waals surface area contributed by atoms with E-state index >= 15 is 0 Å². The van der Waals surface area contributed by atoms with E-state index in [0.29, 0.717) is 24.8 Å². The summed E-state index contributed by atoms with van der Waals surface area (Å²) < 4.78 is 17.4. The minimum atomic E-state index is 0.110. The van der Waals surface area contributed by atoms with Gasteiger partial charge in [-0.05, 0) is 31.9 Å². The van der Waals surface area contributed by atoms with E-state index in [1.807, 2.05) is 32.2 Å². The first-order chi connectivity index (χ1) is 12.7. The van der Waals surface area contributed by atoms with Crippen molar-refractivity contribution in [1.82, 2.24) is 10.2 Å². The number of morpholine rings is 1. The van der Waals surface area contributed by atoms with Crippen molar-refractivity contribution in [3.8, 4) is 5.75 Å². The molecule has 2 fully saturated rings. The number of halogens is 1. The molecule has 2 atom stereocenters. The summed E-state index contributed by atoms with van der Waals surface area (Å²) in [5.41, 5.74) is 1.06. The minimum absolute atomic E-state index is 0.110. The van der Waals surface area contributed by atoms with E-state index in [2.05, 4.69) is 15.2 Å². The summed E-state index contributed by atoms with van der Waals surface area (Å²) in [6.07, 6.45) is 2.51. The van der Waals surface area contributed by atoms with Crippen LogP contribution in [-0.4, -0.2) is 63.0 Å². The Morgan fingerprint density at radius 3 is 2.92 bits per heavy atom. The zero-order valence-electron chi connectivity index (χ0n) is 15.5. The molecule has 1 aromatic carbocycles. The third-order valence-corrected chi connectivity index (χ3v) is 4.99. The maximum absolute atomic E-state index is 6.08. The Balaban J connectivity index is 1.61. The standard InChI is InChI=1S/C19H28ClN3O3/c1-3-24-17-11-15(20)7-6-14(17)12-22-19(21-2)23-8-10-26-18(13-23)16-5-4-9-25-16/h6-7,11,16,18H,3-5,8-10,12-13H2,1-2H3,(H,21,22). The first kappa shape index (κ1) is 19.3. The van der Waals surface area contributed by atoms with E-state index in [0.717, 1.165) is 49.8 Å². The molecule has 1 aromatic rings. The molecule has 2 unspecified atom stereocenters. The average Bonchev–Trinajstić information content (AvgIpc) is 3.19. The van der Waals surface area contributed by atoms with Crippen molar-refractivity contribution in [1.29, 1.82) is 0 Å².